The van der Waals surface area contributed by atoms with E-state index in [1.807, 2.05) is 39.0 Å². The summed E-state index contributed by atoms with van der Waals surface area (Å²) in [5.74, 6) is 0.173. The number of likely N-dealkylation sites (tertiary alicyclic amines) is 1. The summed E-state index contributed by atoms with van der Waals surface area (Å²) < 4.78 is 1.32. The highest BCUT2D eigenvalue weighted by Gasteiger charge is 2.33. The zero-order chi connectivity index (χ0) is 28.7. The third kappa shape index (κ3) is 8.47. The van der Waals surface area contributed by atoms with Gasteiger partial charge in [-0.15, -0.1) is 11.3 Å². The van der Waals surface area contributed by atoms with E-state index in [1.165, 1.54) is 33.8 Å². The van der Waals surface area contributed by atoms with Crippen molar-refractivity contribution in [1.82, 2.24) is 19.8 Å². The van der Waals surface area contributed by atoms with Gasteiger partial charge in [0.05, 0.1) is 27.1 Å². The molecule has 3 heterocycles. The van der Waals surface area contributed by atoms with Crippen LogP contribution in [-0.4, -0.2) is 64.8 Å². The number of rotatable bonds is 6. The molecule has 39 heavy (non-hydrogen) atoms. The standard InChI is InChI=1S/C15H24N4O2.C15H20N2S/c1-5-11-7-12(8-17-13(11)16)18-14(20)15(21)19(6-2)9-10(3)4;1-15(2)8-11(9-17(3)10-15)14-16-12-6-4-5-7-13(12)18-14/h7-8,10H,5-6,9H2,1-4H3,(H2,16,17)(H,18,20);4-7,11H,8-10H2,1-3H3. The zero-order valence-electron chi connectivity index (χ0n) is 24.5. The summed E-state index contributed by atoms with van der Waals surface area (Å²) in [6, 6.07) is 10.2. The Morgan fingerprint density at radius 1 is 1.26 bits per heavy atom. The Morgan fingerprint density at radius 2 is 1.97 bits per heavy atom. The van der Waals surface area contributed by atoms with Crippen LogP contribution in [0.5, 0.6) is 0 Å². The van der Waals surface area contributed by atoms with Gasteiger partial charge in [0.2, 0.25) is 0 Å². The molecule has 1 saturated heterocycles. The number of pyridine rings is 1. The van der Waals surface area contributed by atoms with Crippen LogP contribution in [0.1, 0.15) is 64.5 Å². The van der Waals surface area contributed by atoms with E-state index in [0.29, 0.717) is 48.3 Å². The van der Waals surface area contributed by atoms with Crippen molar-refractivity contribution in [2.45, 2.75) is 60.3 Å². The molecule has 0 radical (unpaired) electrons. The van der Waals surface area contributed by atoms with Crippen LogP contribution in [0.2, 0.25) is 0 Å². The average molecular weight is 553 g/mol. The number of fused-ring (bicyclic) bond motifs is 1. The fourth-order valence-corrected chi connectivity index (χ4v) is 6.25. The van der Waals surface area contributed by atoms with E-state index in [1.54, 1.807) is 6.07 Å². The Labute approximate surface area is 237 Å². The SMILES string of the molecule is CCc1cc(NC(=O)C(=O)N(CC)CC(C)C)cnc1N.CN1CC(c2nc3ccccc3s2)CC(C)(C)C1. The number of amides is 2. The number of hydrogen-bond acceptors (Lipinski definition) is 7. The maximum Gasteiger partial charge on any atom is 0.313 e. The number of para-hydroxylation sites is 1. The lowest BCUT2D eigenvalue weighted by Gasteiger charge is -2.40. The van der Waals surface area contributed by atoms with Gasteiger partial charge in [0.1, 0.15) is 5.82 Å². The van der Waals surface area contributed by atoms with Crippen molar-refractivity contribution in [3.05, 3.63) is 47.1 Å². The molecule has 9 heteroatoms. The Bertz CT molecular complexity index is 1240. The first-order valence-electron chi connectivity index (χ1n) is 13.8. The number of aromatic nitrogens is 2. The molecule has 4 rings (SSSR count). The number of thiazole rings is 1. The summed E-state index contributed by atoms with van der Waals surface area (Å²) in [6.45, 7) is 15.9. The minimum atomic E-state index is -0.647. The van der Waals surface area contributed by atoms with Gasteiger partial charge >= 0.3 is 11.8 Å². The fourth-order valence-electron chi connectivity index (χ4n) is 5.19. The molecule has 0 spiro atoms. The van der Waals surface area contributed by atoms with Gasteiger partial charge in [-0.1, -0.05) is 46.8 Å². The number of aryl methyl sites for hydroxylation is 1. The Kier molecular flexibility index (Phi) is 10.4. The maximum atomic E-state index is 12.1. The van der Waals surface area contributed by atoms with Gasteiger partial charge in [-0.2, -0.15) is 0 Å². The van der Waals surface area contributed by atoms with Crippen molar-refractivity contribution in [3.8, 4) is 0 Å². The second kappa shape index (κ2) is 13.3. The molecule has 8 nitrogen and oxygen atoms in total. The first-order valence-corrected chi connectivity index (χ1v) is 14.6. The molecule has 1 aliphatic heterocycles. The molecule has 1 fully saturated rings. The third-order valence-corrected chi connectivity index (χ3v) is 7.98. The van der Waals surface area contributed by atoms with E-state index in [0.717, 1.165) is 17.6 Å². The lowest BCUT2D eigenvalue weighted by molar-refractivity contribution is -0.143. The minimum absolute atomic E-state index is 0.312. The summed E-state index contributed by atoms with van der Waals surface area (Å²) in [4.78, 5) is 36.9. The van der Waals surface area contributed by atoms with Gasteiger partial charge in [-0.05, 0) is 61.9 Å². The largest absolute Gasteiger partial charge is 0.383 e. The number of nitrogen functional groups attached to an aromatic ring is 1. The third-order valence-electron chi connectivity index (χ3n) is 6.78. The number of nitrogens with one attached hydrogen (secondary N) is 1. The van der Waals surface area contributed by atoms with Crippen molar-refractivity contribution in [1.29, 1.82) is 0 Å². The predicted molar refractivity (Wildman–Crippen MR) is 162 cm³/mol. The topological polar surface area (TPSA) is 104 Å². The molecule has 1 aliphatic rings. The number of benzene rings is 1. The van der Waals surface area contributed by atoms with E-state index in [2.05, 4.69) is 60.4 Å². The van der Waals surface area contributed by atoms with Gasteiger partial charge in [-0.3, -0.25) is 9.59 Å². The molecule has 0 aliphatic carbocycles. The lowest BCUT2D eigenvalue weighted by atomic mass is 9.79. The second-order valence-corrected chi connectivity index (χ2v) is 12.7. The van der Waals surface area contributed by atoms with Gasteiger partial charge in [-0.25, -0.2) is 9.97 Å². The number of anilines is 2. The molecule has 212 valence electrons. The van der Waals surface area contributed by atoms with Crippen LogP contribution in [0.15, 0.2) is 36.5 Å². The van der Waals surface area contributed by atoms with Crippen LogP contribution in [-0.2, 0) is 16.0 Å². The lowest BCUT2D eigenvalue weighted by Crippen LogP contribution is -2.41. The van der Waals surface area contributed by atoms with Gasteiger partial charge in [0.15, 0.2) is 0 Å². The first-order chi connectivity index (χ1) is 18.4. The van der Waals surface area contributed by atoms with E-state index in [9.17, 15) is 9.59 Å². The number of nitrogens with two attached hydrogens (primary N) is 1. The number of likely N-dealkylation sites (N-methyl/N-ethyl adjacent to an activating group) is 2. The minimum Gasteiger partial charge on any atom is -0.383 e. The molecule has 3 aromatic rings. The molecule has 0 saturated carbocycles. The normalized spacial score (nSPS) is 17.0. The van der Waals surface area contributed by atoms with Crippen molar-refractivity contribution >= 4 is 44.9 Å². The number of carbonyl (C=O) groups is 2. The number of piperidine rings is 1. The molecular weight excluding hydrogens is 508 g/mol. The summed E-state index contributed by atoms with van der Waals surface area (Å²) in [5, 5.41) is 3.90. The van der Waals surface area contributed by atoms with E-state index >= 15 is 0 Å². The molecule has 2 amide bonds. The molecule has 1 aromatic carbocycles. The maximum absolute atomic E-state index is 12.1. The summed E-state index contributed by atoms with van der Waals surface area (Å²) in [7, 11) is 2.22. The summed E-state index contributed by atoms with van der Waals surface area (Å²) >= 11 is 1.87. The highest BCUT2D eigenvalue weighted by atomic mass is 32.1. The van der Waals surface area contributed by atoms with E-state index in [-0.39, 0.29) is 0 Å². The zero-order valence-corrected chi connectivity index (χ0v) is 25.3. The van der Waals surface area contributed by atoms with Crippen LogP contribution in [0, 0.1) is 11.3 Å². The van der Waals surface area contributed by atoms with Crippen LogP contribution in [0.3, 0.4) is 0 Å². The van der Waals surface area contributed by atoms with Crippen LogP contribution in [0.25, 0.3) is 10.2 Å². The number of hydrogen-bond donors (Lipinski definition) is 2. The van der Waals surface area contributed by atoms with Crippen molar-refractivity contribution in [2.24, 2.45) is 11.3 Å². The molecule has 3 N–H and O–H groups in total. The molecule has 1 atom stereocenters. The summed E-state index contributed by atoms with van der Waals surface area (Å²) in [6.07, 6.45) is 3.42. The van der Waals surface area contributed by atoms with Crippen LogP contribution < -0.4 is 11.1 Å². The van der Waals surface area contributed by atoms with Crippen molar-refractivity contribution in [3.63, 3.8) is 0 Å². The van der Waals surface area contributed by atoms with Crippen molar-refractivity contribution in [2.75, 3.05) is 44.3 Å². The van der Waals surface area contributed by atoms with Gasteiger partial charge < -0.3 is 20.9 Å². The highest BCUT2D eigenvalue weighted by Crippen LogP contribution is 2.39. The van der Waals surface area contributed by atoms with E-state index < -0.39 is 11.8 Å². The average Bonchev–Trinajstić information content (AvgIpc) is 3.31. The monoisotopic (exact) mass is 552 g/mol. The Balaban J connectivity index is 0.000000217. The number of nitrogens with zero attached hydrogens (tertiary/aromatic N) is 4. The predicted octanol–water partition coefficient (Wildman–Crippen LogP) is 5.41. The second-order valence-electron chi connectivity index (χ2n) is 11.6. The van der Waals surface area contributed by atoms with E-state index in [4.69, 9.17) is 10.7 Å². The van der Waals surface area contributed by atoms with Crippen molar-refractivity contribution < 1.29 is 9.59 Å². The van der Waals surface area contributed by atoms with Gasteiger partial charge in [0, 0.05) is 32.1 Å². The highest BCUT2D eigenvalue weighted by molar-refractivity contribution is 7.18. The molecule has 0 bridgehead atoms. The van der Waals surface area contributed by atoms with Gasteiger partial charge in [0.25, 0.3) is 0 Å². The molecular formula is C30H44N6O2S. The first kappa shape index (κ1) is 30.5. The van der Waals surface area contributed by atoms with Crippen LogP contribution in [0.4, 0.5) is 11.5 Å². The Morgan fingerprint density at radius 3 is 2.59 bits per heavy atom. The number of carbonyl (C=O) groups excluding carboxylic acids is 2. The molecule has 2 aromatic heterocycles. The fraction of sp³-hybridized carbons (Fsp3) is 0.533. The summed E-state index contributed by atoms with van der Waals surface area (Å²) in [5.41, 5.74) is 8.60. The quantitative estimate of drug-likeness (QED) is 0.396. The smallest absolute Gasteiger partial charge is 0.313 e. The van der Waals surface area contributed by atoms with Crippen LogP contribution >= 0.6 is 11.3 Å². The Hall–Kier alpha value is -3.04. The molecule has 1 unspecified atom stereocenters.